The van der Waals surface area contributed by atoms with E-state index in [9.17, 15) is 0 Å². The number of nitrogens with zero attached hydrogens (tertiary/aromatic N) is 12. The van der Waals surface area contributed by atoms with Crippen molar-refractivity contribution in [2.45, 2.75) is 86.0 Å². The van der Waals surface area contributed by atoms with Gasteiger partial charge in [-0.3, -0.25) is 0 Å². The Morgan fingerprint density at radius 1 is 0.192 bits per heavy atom. The Hall–Kier alpha value is -15.9. The number of rotatable bonds is 24. The Bertz CT molecular complexity index is 6870. The van der Waals surface area contributed by atoms with Crippen molar-refractivity contribution in [3.05, 3.63) is 460 Å². The third-order valence-electron chi connectivity index (χ3n) is 22.6. The molecule has 0 atom stereocenters. The molecule has 0 saturated carbocycles. The summed E-state index contributed by atoms with van der Waals surface area (Å²) in [5.74, 6) is 0.789. The zero-order valence-electron chi connectivity index (χ0n) is 74.3. The summed E-state index contributed by atoms with van der Waals surface area (Å²) in [7, 11) is 0. The zero-order valence-corrected chi connectivity index (χ0v) is 74.3. The van der Waals surface area contributed by atoms with E-state index in [1.54, 1.807) is 0 Å². The molecule has 0 N–H and O–H groups in total. The molecule has 4 heterocycles. The molecule has 0 spiro atoms. The van der Waals surface area contributed by atoms with E-state index < -0.39 is 0 Å². The molecule has 0 unspecified atom stereocenters. The van der Waals surface area contributed by atoms with Gasteiger partial charge in [0.25, 0.3) is 0 Å². The summed E-state index contributed by atoms with van der Waals surface area (Å²) in [4.78, 5) is 48.8. The lowest BCUT2D eigenvalue weighted by Crippen LogP contribution is -2.09. The first-order valence-electron chi connectivity index (χ1n) is 45.1. The molecular formula is C118H104N12. The quantitative estimate of drug-likeness (QED) is 0.0573. The fraction of sp³-hybridized carbons (Fsp3) is 0.119. The number of anilines is 12. The number of aryl methyl sites for hydroxylation is 2. The molecule has 12 heteroatoms. The molecule has 0 bridgehead atoms. The molecule has 12 nitrogen and oxygen atoms in total. The number of hydrogen-bond acceptors (Lipinski definition) is 12. The first-order chi connectivity index (χ1) is 64.1. The van der Waals surface area contributed by atoms with Gasteiger partial charge in [-0.2, -0.15) is 0 Å². The van der Waals surface area contributed by atoms with Crippen molar-refractivity contribution in [2.75, 3.05) is 19.6 Å². The molecular weight excluding hydrogens is 1590 g/mol. The average Bonchev–Trinajstić information content (AvgIpc) is 0.796. The van der Waals surface area contributed by atoms with Crippen molar-refractivity contribution in [3.8, 4) is 45.0 Å². The highest BCUT2D eigenvalue weighted by atomic mass is 15.2. The molecule has 636 valence electrons. The Labute approximate surface area is 763 Å². The van der Waals surface area contributed by atoms with Crippen LogP contribution in [-0.2, 0) is 19.3 Å². The molecule has 0 radical (unpaired) electrons. The topological polar surface area (TPSA) is 116 Å². The van der Waals surface area contributed by atoms with Crippen molar-refractivity contribution in [1.29, 1.82) is 0 Å². The monoisotopic (exact) mass is 1690 g/mol. The lowest BCUT2D eigenvalue weighted by atomic mass is 10.0. The number of fused-ring (bicyclic) bond motifs is 4. The van der Waals surface area contributed by atoms with Gasteiger partial charge in [0.1, 0.15) is 0 Å². The van der Waals surface area contributed by atoms with Crippen molar-refractivity contribution in [2.24, 2.45) is 5.92 Å². The molecule has 0 aliphatic carbocycles. The number of para-hydroxylation sites is 16. The van der Waals surface area contributed by atoms with Crippen molar-refractivity contribution < 1.29 is 0 Å². The minimum absolute atomic E-state index is 0.284. The second-order valence-electron chi connectivity index (χ2n) is 32.8. The third-order valence-corrected chi connectivity index (χ3v) is 22.6. The molecule has 20 aromatic rings. The van der Waals surface area contributed by atoms with Gasteiger partial charge in [-0.25, -0.2) is 39.9 Å². The lowest BCUT2D eigenvalue weighted by molar-refractivity contribution is 0.636. The Balaban J connectivity index is 0.000000121. The van der Waals surface area contributed by atoms with Crippen LogP contribution in [0.25, 0.3) is 89.2 Å². The third kappa shape index (κ3) is 20.6. The van der Waals surface area contributed by atoms with Crippen LogP contribution in [0.3, 0.4) is 0 Å². The number of benzene rings is 16. The van der Waals surface area contributed by atoms with Crippen LogP contribution in [0.5, 0.6) is 0 Å². The summed E-state index contributed by atoms with van der Waals surface area (Å²) in [6.45, 7) is 13.2. The van der Waals surface area contributed by atoms with E-state index in [1.165, 1.54) is 0 Å². The summed E-state index contributed by atoms with van der Waals surface area (Å²) in [5.41, 5.74) is 33.4. The highest BCUT2D eigenvalue weighted by Gasteiger charge is 2.22. The Morgan fingerprint density at radius 3 is 0.631 bits per heavy atom. The van der Waals surface area contributed by atoms with Crippen molar-refractivity contribution in [1.82, 2.24) is 39.9 Å². The van der Waals surface area contributed by atoms with E-state index in [4.69, 9.17) is 39.9 Å². The maximum absolute atomic E-state index is 5.01. The predicted octanol–water partition coefficient (Wildman–Crippen LogP) is 31.7. The summed E-state index contributed by atoms with van der Waals surface area (Å²) in [6.07, 6.45) is 6.02. The van der Waals surface area contributed by atoms with Crippen molar-refractivity contribution >= 4 is 112 Å². The van der Waals surface area contributed by atoms with Gasteiger partial charge in [-0.05, 0) is 232 Å². The SMILES string of the molecule is CC(C)Cc1nc2ccccc2nc1-c1ccc(N(c2ccccc2)c2ccccc2)cc1.CC(C)c1nc2ccccc2nc1-c1ccc(N(c2ccccc2)c2ccccc2)cc1.CCCCc1nc2ccccc2nc1-c1ccc(N(c2ccccc2)c2ccccc2)cc1.CCCc1nc2ccccc2nc1-c1ccc(N(c2ccccc2)c2ccccc2)cc1. The smallest absolute Gasteiger partial charge is 0.0927 e. The first kappa shape index (κ1) is 86.2. The lowest BCUT2D eigenvalue weighted by Gasteiger charge is -2.25. The Morgan fingerprint density at radius 2 is 0.392 bits per heavy atom. The fourth-order valence-corrected chi connectivity index (χ4v) is 16.4. The van der Waals surface area contributed by atoms with Crippen LogP contribution < -0.4 is 19.6 Å². The van der Waals surface area contributed by atoms with Crippen LogP contribution in [0, 0.1) is 5.92 Å². The maximum Gasteiger partial charge on any atom is 0.0927 e. The van der Waals surface area contributed by atoms with E-state index in [0.29, 0.717) is 5.92 Å². The number of hydrogen-bond donors (Lipinski definition) is 0. The van der Waals surface area contributed by atoms with Crippen LogP contribution in [-0.4, -0.2) is 39.9 Å². The van der Waals surface area contributed by atoms with E-state index >= 15 is 0 Å². The molecule has 0 saturated heterocycles. The summed E-state index contributed by atoms with van der Waals surface area (Å²) >= 11 is 0. The molecule has 0 fully saturated rings. The Kier molecular flexibility index (Phi) is 27.8. The largest absolute Gasteiger partial charge is 0.311 e. The molecule has 4 aromatic heterocycles. The minimum Gasteiger partial charge on any atom is -0.311 e. The first-order valence-corrected chi connectivity index (χ1v) is 45.1. The normalized spacial score (nSPS) is 11.0. The standard InChI is InChI=1S/2C30H27N3.2C29H25N3/c1-22(2)21-29-30(32-28-16-10-9-15-27(28)31-29)23-17-19-26(20-18-23)33(24-11-5-3-6-12-24)25-13-7-4-8-14-25;1-2-3-16-29-30(32-28-18-11-10-17-27(28)31-29)23-19-21-26(22-20-23)33(24-12-6-4-7-13-24)25-14-8-5-9-15-25;1-21(2)28-29(31-27-16-10-9-15-26(27)30-28)22-17-19-25(20-18-22)32(23-11-5-3-6-12-23)24-13-7-4-8-14-24;1-2-11-28-29(31-27-17-10-9-16-26(27)30-28)22-18-20-25(21-19-22)32(23-12-5-3-6-13-23)24-14-7-4-8-15-24/h3-20,22H,21H2,1-2H3;4-15,17-22H,2-3,16H2,1H3;3-21H,1-2H3;3-10,12-21H,2,11H2,1H3. The van der Waals surface area contributed by atoms with E-state index in [0.717, 1.165) is 219 Å². The number of aromatic nitrogens is 8. The zero-order chi connectivity index (χ0) is 88.8. The second kappa shape index (κ2) is 41.9. The van der Waals surface area contributed by atoms with Gasteiger partial charge < -0.3 is 19.6 Å². The molecule has 0 amide bonds. The van der Waals surface area contributed by atoms with Crippen molar-refractivity contribution in [3.63, 3.8) is 0 Å². The average molecular weight is 1690 g/mol. The van der Waals surface area contributed by atoms with E-state index in [-0.39, 0.29) is 5.92 Å². The highest BCUT2D eigenvalue weighted by molar-refractivity contribution is 5.87. The fourth-order valence-electron chi connectivity index (χ4n) is 16.4. The summed E-state index contributed by atoms with van der Waals surface area (Å²) in [6, 6.07) is 151. The molecule has 0 aliphatic heterocycles. The van der Waals surface area contributed by atoms with Crippen LogP contribution in [0.15, 0.2) is 437 Å². The van der Waals surface area contributed by atoms with Crippen LogP contribution in [0.2, 0.25) is 0 Å². The number of unbranched alkanes of at least 4 members (excludes halogenated alkanes) is 1. The van der Waals surface area contributed by atoms with E-state index in [2.05, 4.69) is 352 Å². The summed E-state index contributed by atoms with van der Waals surface area (Å²) in [5, 5.41) is 0. The van der Waals surface area contributed by atoms with E-state index in [1.807, 2.05) is 146 Å². The van der Waals surface area contributed by atoms with Gasteiger partial charge >= 0.3 is 0 Å². The molecule has 0 aliphatic rings. The molecule has 16 aromatic carbocycles. The predicted molar refractivity (Wildman–Crippen MR) is 544 cm³/mol. The van der Waals surface area contributed by atoms with Crippen LogP contribution in [0.4, 0.5) is 68.2 Å². The van der Waals surface area contributed by atoms with Gasteiger partial charge in [0.05, 0.1) is 89.7 Å². The summed E-state index contributed by atoms with van der Waals surface area (Å²) < 4.78 is 0. The molecule has 130 heavy (non-hydrogen) atoms. The second-order valence-corrected chi connectivity index (χ2v) is 32.8. The van der Waals surface area contributed by atoms with Gasteiger partial charge in [0, 0.05) is 90.5 Å². The van der Waals surface area contributed by atoms with Crippen LogP contribution >= 0.6 is 0 Å². The highest BCUT2D eigenvalue weighted by Crippen LogP contribution is 2.42. The minimum atomic E-state index is 0.284. The van der Waals surface area contributed by atoms with Gasteiger partial charge in [-0.15, -0.1) is 0 Å². The maximum atomic E-state index is 5.01. The van der Waals surface area contributed by atoms with Gasteiger partial charge in [0.2, 0.25) is 0 Å². The van der Waals surface area contributed by atoms with Crippen LogP contribution in [0.1, 0.15) is 89.5 Å². The van der Waals surface area contributed by atoms with Gasteiger partial charge in [0.15, 0.2) is 0 Å². The van der Waals surface area contributed by atoms with Gasteiger partial charge in [-0.1, -0.05) is 297 Å². The molecule has 20 rings (SSSR count).